The highest BCUT2D eigenvalue weighted by molar-refractivity contribution is 9.10. The quantitative estimate of drug-likeness (QED) is 0.822. The van der Waals surface area contributed by atoms with Crippen LogP contribution in [0, 0.1) is 0 Å². The van der Waals surface area contributed by atoms with Crippen molar-refractivity contribution in [1.29, 1.82) is 0 Å². The molecule has 1 aromatic heterocycles. The zero-order chi connectivity index (χ0) is 14.8. The van der Waals surface area contributed by atoms with Crippen molar-refractivity contribution in [2.24, 2.45) is 0 Å². The van der Waals surface area contributed by atoms with Crippen LogP contribution >= 0.6 is 15.9 Å². The van der Waals surface area contributed by atoms with Crippen molar-refractivity contribution in [2.45, 2.75) is 45.3 Å². The first kappa shape index (κ1) is 15.2. The third-order valence-corrected chi connectivity index (χ3v) is 3.21. The van der Waals surface area contributed by atoms with E-state index < -0.39 is 5.60 Å². The number of carbonyl (C=O) groups is 1. The summed E-state index contributed by atoms with van der Waals surface area (Å²) in [6.07, 6.45) is 1.29. The predicted molar refractivity (Wildman–Crippen MR) is 75.7 cm³/mol. The Morgan fingerprint density at radius 3 is 2.60 bits per heavy atom. The number of likely N-dealkylation sites (tertiary alicyclic amines) is 1. The van der Waals surface area contributed by atoms with Crippen LogP contribution in [-0.2, 0) is 4.74 Å². The second kappa shape index (κ2) is 6.03. The number of amides is 1. The van der Waals surface area contributed by atoms with Crippen LogP contribution in [0.3, 0.4) is 0 Å². The van der Waals surface area contributed by atoms with Crippen molar-refractivity contribution < 1.29 is 18.8 Å². The molecule has 20 heavy (non-hydrogen) atoms. The van der Waals surface area contributed by atoms with Gasteiger partial charge >= 0.3 is 6.09 Å². The number of piperidine rings is 1. The summed E-state index contributed by atoms with van der Waals surface area (Å²) in [5.74, 6) is 0.465. The number of hydrogen-bond acceptors (Lipinski definition) is 5. The first-order valence-electron chi connectivity index (χ1n) is 6.60. The molecule has 2 heterocycles. The van der Waals surface area contributed by atoms with Crippen molar-refractivity contribution in [3.63, 3.8) is 0 Å². The molecule has 1 aromatic rings. The average molecular weight is 347 g/mol. The fourth-order valence-electron chi connectivity index (χ4n) is 1.95. The van der Waals surface area contributed by atoms with E-state index in [0.29, 0.717) is 23.6 Å². The lowest BCUT2D eigenvalue weighted by Crippen LogP contribution is -2.44. The number of nitrogens with zero attached hydrogens (tertiary/aromatic N) is 2. The second-order valence-corrected chi connectivity index (χ2v) is 6.54. The molecule has 0 atom stereocenters. The average Bonchev–Trinajstić information content (AvgIpc) is 2.73. The van der Waals surface area contributed by atoms with E-state index in [1.165, 1.54) is 0 Å². The van der Waals surface area contributed by atoms with Gasteiger partial charge in [0.15, 0.2) is 0 Å². The molecule has 1 aliphatic heterocycles. The summed E-state index contributed by atoms with van der Waals surface area (Å²) in [6.45, 7) is 6.84. The fourth-order valence-corrected chi connectivity index (χ4v) is 2.22. The van der Waals surface area contributed by atoms with Gasteiger partial charge in [-0.2, -0.15) is 0 Å². The van der Waals surface area contributed by atoms with E-state index in [1.54, 1.807) is 11.0 Å². The van der Waals surface area contributed by atoms with Crippen LogP contribution in [-0.4, -0.2) is 40.9 Å². The van der Waals surface area contributed by atoms with Gasteiger partial charge in [0.05, 0.1) is 6.07 Å². The number of ether oxygens (including phenoxy) is 2. The highest BCUT2D eigenvalue weighted by Gasteiger charge is 2.28. The van der Waals surface area contributed by atoms with Crippen LogP contribution in [0.25, 0.3) is 0 Å². The van der Waals surface area contributed by atoms with Crippen molar-refractivity contribution in [1.82, 2.24) is 10.1 Å². The zero-order valence-electron chi connectivity index (χ0n) is 11.9. The van der Waals surface area contributed by atoms with E-state index in [2.05, 4.69) is 21.1 Å². The van der Waals surface area contributed by atoms with E-state index in [-0.39, 0.29) is 12.2 Å². The SMILES string of the molecule is CC(C)(C)OC(=O)N1CCC(Oc2cc(Br)on2)CC1. The Hall–Kier alpha value is -1.24. The van der Waals surface area contributed by atoms with Gasteiger partial charge in [0.1, 0.15) is 11.7 Å². The molecule has 1 saturated heterocycles. The molecule has 1 fully saturated rings. The van der Waals surface area contributed by atoms with E-state index in [4.69, 9.17) is 14.0 Å². The second-order valence-electron chi connectivity index (χ2n) is 5.75. The van der Waals surface area contributed by atoms with Gasteiger partial charge in [-0.1, -0.05) is 0 Å². The molecule has 7 heteroatoms. The molecule has 0 radical (unpaired) electrons. The molecule has 0 N–H and O–H groups in total. The summed E-state index contributed by atoms with van der Waals surface area (Å²) in [5.41, 5.74) is -0.461. The third kappa shape index (κ3) is 4.40. The minimum atomic E-state index is -0.461. The maximum absolute atomic E-state index is 11.9. The lowest BCUT2D eigenvalue weighted by Gasteiger charge is -2.33. The van der Waals surface area contributed by atoms with Gasteiger partial charge in [0.25, 0.3) is 5.88 Å². The molecule has 0 aromatic carbocycles. The van der Waals surface area contributed by atoms with Gasteiger partial charge in [0, 0.05) is 25.9 Å². The summed E-state index contributed by atoms with van der Waals surface area (Å²) in [4.78, 5) is 13.6. The molecule has 1 aliphatic rings. The number of hydrogen-bond donors (Lipinski definition) is 0. The molecule has 2 rings (SSSR count). The van der Waals surface area contributed by atoms with Crippen LogP contribution in [0.15, 0.2) is 15.3 Å². The minimum absolute atomic E-state index is 0.0469. The Kier molecular flexibility index (Phi) is 4.57. The zero-order valence-corrected chi connectivity index (χ0v) is 13.5. The van der Waals surface area contributed by atoms with Gasteiger partial charge in [0.2, 0.25) is 4.67 Å². The largest absolute Gasteiger partial charge is 0.472 e. The normalized spacial score (nSPS) is 17.1. The Balaban J connectivity index is 1.79. The maximum atomic E-state index is 11.9. The van der Waals surface area contributed by atoms with Crippen molar-refractivity contribution in [2.75, 3.05) is 13.1 Å². The van der Waals surface area contributed by atoms with E-state index in [0.717, 1.165) is 12.8 Å². The van der Waals surface area contributed by atoms with Crippen molar-refractivity contribution in [3.8, 4) is 5.88 Å². The Morgan fingerprint density at radius 1 is 1.45 bits per heavy atom. The van der Waals surface area contributed by atoms with E-state index in [9.17, 15) is 4.79 Å². The van der Waals surface area contributed by atoms with Crippen molar-refractivity contribution >= 4 is 22.0 Å². The Labute approximate surface area is 126 Å². The molecule has 0 bridgehead atoms. The van der Waals surface area contributed by atoms with Crippen LogP contribution in [0.1, 0.15) is 33.6 Å². The summed E-state index contributed by atoms with van der Waals surface area (Å²) < 4.78 is 16.5. The lowest BCUT2D eigenvalue weighted by atomic mass is 10.1. The highest BCUT2D eigenvalue weighted by Crippen LogP contribution is 2.22. The van der Waals surface area contributed by atoms with Crippen LogP contribution in [0.5, 0.6) is 5.88 Å². The summed E-state index contributed by atoms with van der Waals surface area (Å²) in [6, 6.07) is 1.68. The summed E-state index contributed by atoms with van der Waals surface area (Å²) in [7, 11) is 0. The Bertz CT molecular complexity index is 461. The molecule has 1 amide bonds. The summed E-state index contributed by atoms with van der Waals surface area (Å²) in [5, 5.41) is 3.76. The topological polar surface area (TPSA) is 64.8 Å². The first-order chi connectivity index (χ1) is 9.33. The molecular formula is C13H19BrN2O4. The van der Waals surface area contributed by atoms with Gasteiger partial charge in [-0.05, 0) is 41.9 Å². The number of carbonyl (C=O) groups excluding carboxylic acids is 1. The van der Waals surface area contributed by atoms with Crippen LogP contribution < -0.4 is 4.74 Å². The number of aromatic nitrogens is 1. The van der Waals surface area contributed by atoms with E-state index >= 15 is 0 Å². The van der Waals surface area contributed by atoms with Gasteiger partial charge in [-0.3, -0.25) is 0 Å². The van der Waals surface area contributed by atoms with Crippen molar-refractivity contribution in [3.05, 3.63) is 10.7 Å². The maximum Gasteiger partial charge on any atom is 0.410 e. The first-order valence-corrected chi connectivity index (χ1v) is 7.39. The standard InChI is InChI=1S/C13H19BrN2O4/c1-13(2,3)19-12(17)16-6-4-9(5-7-16)18-11-8-10(14)20-15-11/h8-9H,4-7H2,1-3H3. The van der Waals surface area contributed by atoms with Crippen LogP contribution in [0.2, 0.25) is 0 Å². The smallest absolute Gasteiger partial charge is 0.410 e. The van der Waals surface area contributed by atoms with Gasteiger partial charge in [-0.15, -0.1) is 0 Å². The highest BCUT2D eigenvalue weighted by atomic mass is 79.9. The summed E-state index contributed by atoms with van der Waals surface area (Å²) >= 11 is 3.17. The number of rotatable bonds is 2. The minimum Gasteiger partial charge on any atom is -0.472 e. The molecule has 0 spiro atoms. The predicted octanol–water partition coefficient (Wildman–Crippen LogP) is 3.22. The van der Waals surface area contributed by atoms with Gasteiger partial charge < -0.3 is 18.9 Å². The molecule has 6 nitrogen and oxygen atoms in total. The van der Waals surface area contributed by atoms with Gasteiger partial charge in [-0.25, -0.2) is 4.79 Å². The number of halogens is 1. The monoisotopic (exact) mass is 346 g/mol. The molecule has 0 unspecified atom stereocenters. The molecular weight excluding hydrogens is 328 g/mol. The Morgan fingerprint density at radius 2 is 2.10 bits per heavy atom. The molecule has 112 valence electrons. The fraction of sp³-hybridized carbons (Fsp3) is 0.692. The molecule has 0 aliphatic carbocycles. The lowest BCUT2D eigenvalue weighted by molar-refractivity contribution is 0.0120. The van der Waals surface area contributed by atoms with E-state index in [1.807, 2.05) is 20.8 Å². The molecule has 0 saturated carbocycles. The van der Waals surface area contributed by atoms with Crippen LogP contribution in [0.4, 0.5) is 4.79 Å². The third-order valence-electron chi connectivity index (χ3n) is 2.84.